The average Bonchev–Trinajstić information content (AvgIpc) is 2.19. The fourth-order valence-electron chi connectivity index (χ4n) is 1.78. The van der Waals surface area contributed by atoms with E-state index in [2.05, 4.69) is 17.9 Å². The van der Waals surface area contributed by atoms with Crippen molar-refractivity contribution >= 4 is 0 Å². The molecule has 1 unspecified atom stereocenters. The van der Waals surface area contributed by atoms with Crippen molar-refractivity contribution in [2.75, 3.05) is 26.3 Å². The molecule has 74 valence electrons. The Bertz CT molecular complexity index is 170. The molecule has 0 aromatic heterocycles. The van der Waals surface area contributed by atoms with Gasteiger partial charge in [0.1, 0.15) is 0 Å². The average molecular weight is 182 g/mol. The first-order chi connectivity index (χ1) is 6.38. The number of rotatable bonds is 4. The second kappa shape index (κ2) is 5.95. The summed E-state index contributed by atoms with van der Waals surface area (Å²) < 4.78 is 5.40. The minimum atomic E-state index is 0.480. The van der Waals surface area contributed by atoms with Gasteiger partial charge in [-0.15, -0.1) is 0 Å². The lowest BCUT2D eigenvalue weighted by Crippen LogP contribution is -2.41. The van der Waals surface area contributed by atoms with Crippen LogP contribution in [0.4, 0.5) is 0 Å². The molecule has 1 rings (SSSR count). The van der Waals surface area contributed by atoms with Gasteiger partial charge in [-0.3, -0.25) is 4.90 Å². The molecule has 0 aliphatic carbocycles. The second-order valence-electron chi connectivity index (χ2n) is 3.50. The van der Waals surface area contributed by atoms with Crippen molar-refractivity contribution < 1.29 is 4.74 Å². The summed E-state index contributed by atoms with van der Waals surface area (Å²) in [4.78, 5) is 2.24. The summed E-state index contributed by atoms with van der Waals surface area (Å²) in [7, 11) is 0. The molecule has 1 heterocycles. The molecule has 1 saturated heterocycles. The normalized spacial score (nSPS) is 23.0. The molecule has 0 bridgehead atoms. The SMILES string of the molecule is CCCN(CC#N)C1CCCOC1. The van der Waals surface area contributed by atoms with E-state index in [1.807, 2.05) is 0 Å². The van der Waals surface area contributed by atoms with Gasteiger partial charge in [0.2, 0.25) is 0 Å². The van der Waals surface area contributed by atoms with Crippen LogP contribution in [0, 0.1) is 11.3 Å². The third-order valence-corrected chi connectivity index (χ3v) is 2.44. The zero-order valence-electron chi connectivity index (χ0n) is 8.33. The quantitative estimate of drug-likeness (QED) is 0.617. The molecular weight excluding hydrogens is 164 g/mol. The van der Waals surface area contributed by atoms with Crippen LogP contribution in [0.2, 0.25) is 0 Å². The Morgan fingerprint density at radius 2 is 2.46 bits per heavy atom. The van der Waals surface area contributed by atoms with Crippen LogP contribution < -0.4 is 0 Å². The van der Waals surface area contributed by atoms with E-state index < -0.39 is 0 Å². The molecule has 0 aromatic carbocycles. The summed E-state index contributed by atoms with van der Waals surface area (Å²) in [5, 5.41) is 8.66. The number of nitrogens with zero attached hydrogens (tertiary/aromatic N) is 2. The molecule has 0 spiro atoms. The summed E-state index contributed by atoms with van der Waals surface area (Å²) in [5.41, 5.74) is 0. The summed E-state index contributed by atoms with van der Waals surface area (Å²) in [6.07, 6.45) is 3.43. The van der Waals surface area contributed by atoms with Crippen molar-refractivity contribution in [2.45, 2.75) is 32.2 Å². The lowest BCUT2D eigenvalue weighted by molar-refractivity contribution is 0.0228. The second-order valence-corrected chi connectivity index (χ2v) is 3.50. The van der Waals surface area contributed by atoms with Gasteiger partial charge >= 0.3 is 0 Å². The van der Waals surface area contributed by atoms with Gasteiger partial charge in [-0.2, -0.15) is 5.26 Å². The van der Waals surface area contributed by atoms with Crippen LogP contribution in [0.15, 0.2) is 0 Å². The van der Waals surface area contributed by atoms with E-state index in [0.717, 1.165) is 32.6 Å². The van der Waals surface area contributed by atoms with E-state index in [0.29, 0.717) is 12.6 Å². The minimum absolute atomic E-state index is 0.480. The summed E-state index contributed by atoms with van der Waals surface area (Å²) in [6, 6.07) is 2.70. The molecule has 13 heavy (non-hydrogen) atoms. The molecule has 1 fully saturated rings. The topological polar surface area (TPSA) is 36.3 Å². The molecule has 0 radical (unpaired) electrons. The standard InChI is InChI=1S/C10H18N2O/c1-2-6-12(7-5-11)10-4-3-8-13-9-10/h10H,2-4,6-9H2,1H3. The lowest BCUT2D eigenvalue weighted by atomic mass is 10.1. The van der Waals surface area contributed by atoms with Crippen molar-refractivity contribution in [1.82, 2.24) is 4.90 Å². The lowest BCUT2D eigenvalue weighted by Gasteiger charge is -2.32. The van der Waals surface area contributed by atoms with Gasteiger partial charge in [0.15, 0.2) is 0 Å². The van der Waals surface area contributed by atoms with Crippen molar-refractivity contribution in [1.29, 1.82) is 5.26 Å². The van der Waals surface area contributed by atoms with Crippen molar-refractivity contribution in [3.8, 4) is 6.07 Å². The van der Waals surface area contributed by atoms with E-state index in [-0.39, 0.29) is 0 Å². The Labute approximate surface area is 80.3 Å². The Morgan fingerprint density at radius 3 is 3.00 bits per heavy atom. The van der Waals surface area contributed by atoms with E-state index in [1.54, 1.807) is 0 Å². The Kier molecular flexibility index (Phi) is 4.81. The van der Waals surface area contributed by atoms with Crippen LogP contribution in [0.3, 0.4) is 0 Å². The van der Waals surface area contributed by atoms with E-state index >= 15 is 0 Å². The molecule has 3 nitrogen and oxygen atoms in total. The van der Waals surface area contributed by atoms with Gasteiger partial charge in [-0.05, 0) is 25.8 Å². The highest BCUT2D eigenvalue weighted by molar-refractivity contribution is 4.82. The third-order valence-electron chi connectivity index (χ3n) is 2.44. The third kappa shape index (κ3) is 3.33. The number of hydrogen-bond acceptors (Lipinski definition) is 3. The molecule has 3 heteroatoms. The minimum Gasteiger partial charge on any atom is -0.380 e. The fourth-order valence-corrected chi connectivity index (χ4v) is 1.78. The molecule has 0 aromatic rings. The summed E-state index contributed by atoms with van der Waals surface area (Å²) in [5.74, 6) is 0. The van der Waals surface area contributed by atoms with Crippen LogP contribution in [0.5, 0.6) is 0 Å². The maximum atomic E-state index is 8.66. The molecule has 1 aliphatic rings. The first kappa shape index (κ1) is 10.5. The van der Waals surface area contributed by atoms with Crippen molar-refractivity contribution in [3.05, 3.63) is 0 Å². The van der Waals surface area contributed by atoms with Crippen molar-refractivity contribution in [3.63, 3.8) is 0 Å². The predicted molar refractivity (Wildman–Crippen MR) is 51.3 cm³/mol. The number of ether oxygens (including phenoxy) is 1. The Balaban J connectivity index is 2.37. The monoisotopic (exact) mass is 182 g/mol. The first-order valence-corrected chi connectivity index (χ1v) is 5.07. The maximum Gasteiger partial charge on any atom is 0.0869 e. The zero-order valence-corrected chi connectivity index (χ0v) is 8.33. The van der Waals surface area contributed by atoms with Gasteiger partial charge in [0.05, 0.1) is 19.2 Å². The van der Waals surface area contributed by atoms with Gasteiger partial charge in [0.25, 0.3) is 0 Å². The maximum absolute atomic E-state index is 8.66. The predicted octanol–water partition coefficient (Wildman–Crippen LogP) is 1.40. The summed E-state index contributed by atoms with van der Waals surface area (Å²) in [6.45, 7) is 5.40. The Hall–Kier alpha value is -0.590. The van der Waals surface area contributed by atoms with Gasteiger partial charge < -0.3 is 4.74 Å². The van der Waals surface area contributed by atoms with Crippen LogP contribution in [0.25, 0.3) is 0 Å². The van der Waals surface area contributed by atoms with E-state index in [1.165, 1.54) is 6.42 Å². The zero-order chi connectivity index (χ0) is 9.52. The van der Waals surface area contributed by atoms with Crippen LogP contribution >= 0.6 is 0 Å². The van der Waals surface area contributed by atoms with E-state index in [9.17, 15) is 0 Å². The van der Waals surface area contributed by atoms with Crippen LogP contribution in [-0.4, -0.2) is 37.2 Å². The summed E-state index contributed by atoms with van der Waals surface area (Å²) >= 11 is 0. The highest BCUT2D eigenvalue weighted by Gasteiger charge is 2.20. The largest absolute Gasteiger partial charge is 0.380 e. The van der Waals surface area contributed by atoms with Crippen LogP contribution in [-0.2, 0) is 4.74 Å². The number of hydrogen-bond donors (Lipinski definition) is 0. The molecule has 0 N–H and O–H groups in total. The smallest absolute Gasteiger partial charge is 0.0869 e. The molecular formula is C10H18N2O. The van der Waals surface area contributed by atoms with Crippen LogP contribution in [0.1, 0.15) is 26.2 Å². The molecule has 1 aliphatic heterocycles. The highest BCUT2D eigenvalue weighted by atomic mass is 16.5. The Morgan fingerprint density at radius 1 is 1.62 bits per heavy atom. The number of nitriles is 1. The first-order valence-electron chi connectivity index (χ1n) is 5.07. The van der Waals surface area contributed by atoms with Gasteiger partial charge in [0, 0.05) is 12.6 Å². The molecule has 0 saturated carbocycles. The highest BCUT2D eigenvalue weighted by Crippen LogP contribution is 2.13. The molecule has 1 atom stereocenters. The fraction of sp³-hybridized carbons (Fsp3) is 0.900. The van der Waals surface area contributed by atoms with Crippen molar-refractivity contribution in [2.24, 2.45) is 0 Å². The van der Waals surface area contributed by atoms with Gasteiger partial charge in [-0.25, -0.2) is 0 Å². The van der Waals surface area contributed by atoms with E-state index in [4.69, 9.17) is 10.00 Å². The molecule has 0 amide bonds. The van der Waals surface area contributed by atoms with Gasteiger partial charge in [-0.1, -0.05) is 6.92 Å².